The lowest BCUT2D eigenvalue weighted by Gasteiger charge is -2.09. The fourth-order valence-corrected chi connectivity index (χ4v) is 1.15. The first-order valence-corrected chi connectivity index (χ1v) is 4.97. The highest BCUT2D eigenvalue weighted by Crippen LogP contribution is 2.13. The van der Waals surface area contributed by atoms with Crippen molar-refractivity contribution in [1.29, 1.82) is 0 Å². The smallest absolute Gasteiger partial charge is 0.239 e. The molecule has 0 aliphatic heterocycles. The molecular formula is C9H13ClN4O. The molecule has 1 aromatic rings. The molecule has 0 atom stereocenters. The number of amides is 1. The predicted octanol–water partition coefficient (Wildman–Crippen LogP) is 1.07. The molecule has 6 heteroatoms. The average molecular weight is 229 g/mol. The number of carbonyl (C=O) groups is 1. The van der Waals surface area contributed by atoms with Gasteiger partial charge in [-0.25, -0.2) is 9.97 Å². The molecule has 1 heterocycles. The highest BCUT2D eigenvalue weighted by Gasteiger charge is 2.05. The van der Waals surface area contributed by atoms with Crippen LogP contribution >= 0.6 is 11.6 Å². The van der Waals surface area contributed by atoms with Crippen molar-refractivity contribution >= 4 is 23.3 Å². The molecule has 5 nitrogen and oxygen atoms in total. The van der Waals surface area contributed by atoms with E-state index in [9.17, 15) is 4.79 Å². The van der Waals surface area contributed by atoms with Crippen LogP contribution in [-0.4, -0.2) is 28.5 Å². The van der Waals surface area contributed by atoms with Crippen LogP contribution in [0, 0.1) is 0 Å². The maximum atomic E-state index is 11.3. The summed E-state index contributed by atoms with van der Waals surface area (Å²) in [6.07, 6.45) is 3.00. The van der Waals surface area contributed by atoms with Crippen molar-refractivity contribution in [2.24, 2.45) is 0 Å². The minimum atomic E-state index is -0.105. The van der Waals surface area contributed by atoms with Gasteiger partial charge in [-0.05, 0) is 13.8 Å². The lowest BCUT2D eigenvalue weighted by atomic mass is 10.4. The van der Waals surface area contributed by atoms with E-state index in [4.69, 9.17) is 11.6 Å². The summed E-state index contributed by atoms with van der Waals surface area (Å²) in [6.45, 7) is 3.93. The number of nitrogens with zero attached hydrogens (tertiary/aromatic N) is 2. The molecule has 1 aromatic heterocycles. The maximum Gasteiger partial charge on any atom is 0.239 e. The first-order valence-electron chi connectivity index (χ1n) is 4.59. The summed E-state index contributed by atoms with van der Waals surface area (Å²) in [5, 5.41) is 5.80. The summed E-state index contributed by atoms with van der Waals surface area (Å²) in [5.74, 6) is 0.310. The van der Waals surface area contributed by atoms with Gasteiger partial charge in [0.1, 0.15) is 0 Å². The molecule has 0 bridgehead atoms. The van der Waals surface area contributed by atoms with E-state index in [0.717, 1.165) is 0 Å². The van der Waals surface area contributed by atoms with E-state index in [1.165, 1.54) is 12.4 Å². The van der Waals surface area contributed by atoms with Gasteiger partial charge >= 0.3 is 0 Å². The van der Waals surface area contributed by atoms with Gasteiger partial charge in [0.05, 0.1) is 6.54 Å². The molecule has 0 radical (unpaired) electrons. The second-order valence-corrected chi connectivity index (χ2v) is 3.63. The Balaban J connectivity index is 2.44. The van der Waals surface area contributed by atoms with Crippen molar-refractivity contribution in [3.05, 3.63) is 17.5 Å². The highest BCUT2D eigenvalue weighted by atomic mass is 35.5. The highest BCUT2D eigenvalue weighted by molar-refractivity contribution is 6.31. The van der Waals surface area contributed by atoms with Crippen LogP contribution in [0.4, 0.5) is 5.82 Å². The van der Waals surface area contributed by atoms with Crippen LogP contribution in [0.1, 0.15) is 13.8 Å². The van der Waals surface area contributed by atoms with Crippen LogP contribution in [-0.2, 0) is 4.79 Å². The summed E-state index contributed by atoms with van der Waals surface area (Å²) in [6, 6.07) is 0.122. The molecule has 82 valence electrons. The van der Waals surface area contributed by atoms with Crippen LogP contribution in [0.3, 0.4) is 0 Å². The Hall–Kier alpha value is -1.36. The van der Waals surface area contributed by atoms with Gasteiger partial charge in [0.2, 0.25) is 5.91 Å². The lowest BCUT2D eigenvalue weighted by Crippen LogP contribution is -2.35. The first kappa shape index (κ1) is 11.7. The van der Waals surface area contributed by atoms with E-state index in [-0.39, 0.29) is 23.6 Å². The Kier molecular flexibility index (Phi) is 4.30. The third kappa shape index (κ3) is 4.12. The molecule has 15 heavy (non-hydrogen) atoms. The number of hydrogen-bond acceptors (Lipinski definition) is 4. The van der Waals surface area contributed by atoms with Gasteiger partial charge in [0.25, 0.3) is 0 Å². The Morgan fingerprint density at radius 3 is 2.73 bits per heavy atom. The van der Waals surface area contributed by atoms with Crippen LogP contribution in [0.5, 0.6) is 0 Å². The molecule has 0 aliphatic carbocycles. The molecule has 0 aliphatic rings. The second-order valence-electron chi connectivity index (χ2n) is 3.27. The Bertz CT molecular complexity index is 343. The fourth-order valence-electron chi connectivity index (χ4n) is 0.977. The molecule has 0 aromatic carbocycles. The van der Waals surface area contributed by atoms with E-state index >= 15 is 0 Å². The van der Waals surface area contributed by atoms with Crippen LogP contribution < -0.4 is 10.6 Å². The number of rotatable bonds is 4. The summed E-state index contributed by atoms with van der Waals surface area (Å²) in [7, 11) is 0. The minimum Gasteiger partial charge on any atom is -0.358 e. The van der Waals surface area contributed by atoms with Crippen LogP contribution in [0.15, 0.2) is 12.4 Å². The van der Waals surface area contributed by atoms with Crippen molar-refractivity contribution in [2.45, 2.75) is 19.9 Å². The van der Waals surface area contributed by atoms with Crippen molar-refractivity contribution in [3.63, 3.8) is 0 Å². The zero-order valence-electron chi connectivity index (χ0n) is 8.62. The standard InChI is InChI=1S/C9H13ClN4O/c1-6(2)14-7(15)5-13-9-8(10)11-3-4-12-9/h3-4,6H,5H2,1-2H3,(H,12,13)(H,14,15). The van der Waals surface area contributed by atoms with E-state index in [1.54, 1.807) is 0 Å². The number of anilines is 1. The molecule has 2 N–H and O–H groups in total. The molecular weight excluding hydrogens is 216 g/mol. The third-order valence-electron chi connectivity index (χ3n) is 1.52. The third-order valence-corrected chi connectivity index (χ3v) is 1.80. The number of aromatic nitrogens is 2. The molecule has 0 saturated heterocycles. The zero-order chi connectivity index (χ0) is 11.3. The molecule has 0 unspecified atom stereocenters. The van der Waals surface area contributed by atoms with E-state index in [2.05, 4.69) is 20.6 Å². The summed E-state index contributed by atoms with van der Waals surface area (Å²) < 4.78 is 0. The quantitative estimate of drug-likeness (QED) is 0.809. The van der Waals surface area contributed by atoms with Crippen molar-refractivity contribution in [3.8, 4) is 0 Å². The van der Waals surface area contributed by atoms with Gasteiger partial charge in [-0.3, -0.25) is 4.79 Å². The maximum absolute atomic E-state index is 11.3. The van der Waals surface area contributed by atoms with Gasteiger partial charge < -0.3 is 10.6 Å². The summed E-state index contributed by atoms with van der Waals surface area (Å²) >= 11 is 5.75. The van der Waals surface area contributed by atoms with Crippen molar-refractivity contribution in [1.82, 2.24) is 15.3 Å². The number of halogens is 1. The SMILES string of the molecule is CC(C)NC(=O)CNc1nccnc1Cl. The van der Waals surface area contributed by atoms with Gasteiger partial charge in [-0.2, -0.15) is 0 Å². The van der Waals surface area contributed by atoms with Crippen LogP contribution in [0.2, 0.25) is 5.15 Å². The first-order chi connectivity index (χ1) is 7.09. The molecule has 1 rings (SSSR count). The molecule has 0 fully saturated rings. The number of nitrogens with one attached hydrogen (secondary N) is 2. The zero-order valence-corrected chi connectivity index (χ0v) is 9.38. The molecule has 1 amide bonds. The Labute approximate surface area is 93.3 Å². The summed E-state index contributed by atoms with van der Waals surface area (Å²) in [5.41, 5.74) is 0. The molecule has 0 spiro atoms. The summed E-state index contributed by atoms with van der Waals surface area (Å²) in [4.78, 5) is 19.0. The van der Waals surface area contributed by atoms with Crippen molar-refractivity contribution in [2.75, 3.05) is 11.9 Å². The Morgan fingerprint density at radius 1 is 1.47 bits per heavy atom. The second kappa shape index (κ2) is 5.50. The van der Waals surface area contributed by atoms with Gasteiger partial charge in [-0.1, -0.05) is 11.6 Å². The normalized spacial score (nSPS) is 10.1. The Morgan fingerprint density at radius 2 is 2.13 bits per heavy atom. The lowest BCUT2D eigenvalue weighted by molar-refractivity contribution is -0.119. The van der Waals surface area contributed by atoms with E-state index in [0.29, 0.717) is 5.82 Å². The van der Waals surface area contributed by atoms with E-state index in [1.807, 2.05) is 13.8 Å². The van der Waals surface area contributed by atoms with Crippen LogP contribution in [0.25, 0.3) is 0 Å². The van der Waals surface area contributed by atoms with Gasteiger partial charge in [0, 0.05) is 18.4 Å². The molecule has 0 saturated carbocycles. The van der Waals surface area contributed by atoms with Crippen molar-refractivity contribution < 1.29 is 4.79 Å². The van der Waals surface area contributed by atoms with E-state index < -0.39 is 0 Å². The largest absolute Gasteiger partial charge is 0.358 e. The van der Waals surface area contributed by atoms with Gasteiger partial charge in [0.15, 0.2) is 11.0 Å². The minimum absolute atomic E-state index is 0.105. The number of hydrogen-bond donors (Lipinski definition) is 2. The number of carbonyl (C=O) groups excluding carboxylic acids is 1. The van der Waals surface area contributed by atoms with Gasteiger partial charge in [-0.15, -0.1) is 0 Å². The monoisotopic (exact) mass is 228 g/mol. The topological polar surface area (TPSA) is 66.9 Å². The predicted molar refractivity (Wildman–Crippen MR) is 58.8 cm³/mol. The fraction of sp³-hybridized carbons (Fsp3) is 0.444. The average Bonchev–Trinajstić information content (AvgIpc) is 2.15.